The van der Waals surface area contributed by atoms with E-state index in [1.165, 1.54) is 32.1 Å². The van der Waals surface area contributed by atoms with Crippen LogP contribution in [0.15, 0.2) is 0 Å². The molecule has 2 heteroatoms. The Morgan fingerprint density at radius 1 is 1.00 bits per heavy atom. The maximum atomic E-state index is 5.94. The van der Waals surface area contributed by atoms with Gasteiger partial charge in [-0.05, 0) is 31.1 Å². The van der Waals surface area contributed by atoms with Crippen LogP contribution in [0.1, 0.15) is 39.0 Å². The molecule has 0 aliphatic heterocycles. The molecule has 2 saturated carbocycles. The van der Waals surface area contributed by atoms with Crippen molar-refractivity contribution in [3.8, 4) is 0 Å². The summed E-state index contributed by atoms with van der Waals surface area (Å²) in [5.74, 6) is 2.46. The summed E-state index contributed by atoms with van der Waals surface area (Å²) in [7, 11) is 11.9. The fourth-order valence-electron chi connectivity index (χ4n) is 3.02. The van der Waals surface area contributed by atoms with Gasteiger partial charge in [-0.15, -0.1) is 0 Å². The summed E-state index contributed by atoms with van der Waals surface area (Å²) in [6.45, 7) is 1.97. The summed E-state index contributed by atoms with van der Waals surface area (Å²) in [6.07, 6.45) is 6.86. The molecule has 2 atom stereocenters. The highest BCUT2D eigenvalue weighted by molar-refractivity contribution is 6.39. The van der Waals surface area contributed by atoms with Crippen LogP contribution in [0.25, 0.3) is 0 Å². The molecule has 0 amide bonds. The topological polar surface area (TPSA) is 0 Å². The van der Waals surface area contributed by atoms with Gasteiger partial charge in [0.1, 0.15) is 0 Å². The predicted molar refractivity (Wildman–Crippen MR) is 53.4 cm³/mol. The van der Waals surface area contributed by atoms with Crippen LogP contribution in [-0.2, 0) is 0 Å². The third-order valence-electron chi connectivity index (χ3n) is 3.77. The van der Waals surface area contributed by atoms with Gasteiger partial charge in [0.15, 0.2) is 0 Å². The van der Waals surface area contributed by atoms with Crippen LogP contribution in [-0.4, -0.2) is 15.7 Å². The van der Waals surface area contributed by atoms with E-state index in [0.717, 1.165) is 11.8 Å². The molecular formula is C10H16B2. The van der Waals surface area contributed by atoms with Crippen molar-refractivity contribution in [2.24, 2.45) is 17.8 Å². The molecule has 0 N–H and O–H groups in total. The van der Waals surface area contributed by atoms with Gasteiger partial charge < -0.3 is 0 Å². The highest BCUT2D eigenvalue weighted by atomic mass is 14.4. The zero-order valence-corrected chi connectivity index (χ0v) is 7.92. The molecule has 4 radical (unpaired) electrons. The summed E-state index contributed by atoms with van der Waals surface area (Å²) in [5.41, 5.74) is 0. The summed E-state index contributed by atoms with van der Waals surface area (Å²) in [6, 6.07) is 0. The van der Waals surface area contributed by atoms with E-state index in [0.29, 0.717) is 5.92 Å². The number of rotatable bonds is 1. The Kier molecular flexibility index (Phi) is 2.05. The van der Waals surface area contributed by atoms with Crippen LogP contribution in [0, 0.1) is 17.8 Å². The monoisotopic (exact) mass is 158 g/mol. The first-order valence-corrected chi connectivity index (χ1v) is 5.13. The first-order chi connectivity index (χ1) is 5.55. The van der Waals surface area contributed by atoms with E-state index >= 15 is 0 Å². The van der Waals surface area contributed by atoms with Gasteiger partial charge in [-0.25, -0.2) is 0 Å². The summed E-state index contributed by atoms with van der Waals surface area (Å²) >= 11 is 0. The van der Waals surface area contributed by atoms with Crippen LogP contribution in [0.3, 0.4) is 0 Å². The third-order valence-corrected chi connectivity index (χ3v) is 3.77. The zero-order chi connectivity index (χ0) is 8.77. The standard InChI is InChI=1S/C10H16B2/c1-10(11,12)9-5-7-2-3-8(4-7)6-9/h7-9H,2-6H2,1H3. The highest BCUT2D eigenvalue weighted by Crippen LogP contribution is 2.50. The maximum absolute atomic E-state index is 5.94. The lowest BCUT2D eigenvalue weighted by atomic mass is 9.46. The van der Waals surface area contributed by atoms with Crippen LogP contribution in [0.4, 0.5) is 0 Å². The fraction of sp³-hybridized carbons (Fsp3) is 1.00. The Labute approximate surface area is 78.3 Å². The van der Waals surface area contributed by atoms with Crippen molar-refractivity contribution in [1.82, 2.24) is 0 Å². The molecule has 0 aromatic rings. The zero-order valence-electron chi connectivity index (χ0n) is 7.92. The second kappa shape index (κ2) is 2.82. The van der Waals surface area contributed by atoms with E-state index in [9.17, 15) is 0 Å². The van der Waals surface area contributed by atoms with Crippen LogP contribution >= 0.6 is 0 Å². The average Bonchev–Trinajstić information content (AvgIpc) is 2.28. The molecule has 2 aliphatic carbocycles. The molecule has 0 saturated heterocycles. The average molecular weight is 158 g/mol. The molecule has 62 valence electrons. The normalized spacial score (nSPS) is 41.6. The Balaban J connectivity index is 2.03. The van der Waals surface area contributed by atoms with Crippen molar-refractivity contribution in [2.75, 3.05) is 0 Å². The van der Waals surface area contributed by atoms with Gasteiger partial charge in [-0.1, -0.05) is 30.9 Å². The summed E-state index contributed by atoms with van der Waals surface area (Å²) in [4.78, 5) is 0. The smallest absolute Gasteiger partial charge is 0.0620 e. The van der Waals surface area contributed by atoms with Gasteiger partial charge in [-0.2, -0.15) is 0 Å². The van der Waals surface area contributed by atoms with Crippen molar-refractivity contribution < 1.29 is 0 Å². The Morgan fingerprint density at radius 3 is 1.92 bits per heavy atom. The minimum absolute atomic E-state index is 0.429. The lowest BCUT2D eigenvalue weighted by Gasteiger charge is -2.38. The third kappa shape index (κ3) is 1.58. The SMILES string of the molecule is [B]C([B])(C)C1CC2CCC(C2)C1. The second-order valence-corrected chi connectivity index (χ2v) is 5.08. The predicted octanol–water partition coefficient (Wildman–Crippen LogP) is 2.29. The second-order valence-electron chi connectivity index (χ2n) is 5.08. The van der Waals surface area contributed by atoms with Gasteiger partial charge in [0, 0.05) is 0 Å². The largest absolute Gasteiger partial charge is 0.0989 e. The lowest BCUT2D eigenvalue weighted by molar-refractivity contribution is 0.243. The van der Waals surface area contributed by atoms with E-state index in [4.69, 9.17) is 15.7 Å². The summed E-state index contributed by atoms with van der Waals surface area (Å²) in [5, 5.41) is -0.429. The van der Waals surface area contributed by atoms with Crippen molar-refractivity contribution >= 4 is 15.7 Å². The molecule has 2 aliphatic rings. The molecule has 2 rings (SSSR count). The molecule has 0 heterocycles. The van der Waals surface area contributed by atoms with Crippen molar-refractivity contribution in [2.45, 2.75) is 44.2 Å². The molecule has 2 bridgehead atoms. The number of hydrogen-bond donors (Lipinski definition) is 0. The molecule has 0 aromatic carbocycles. The number of fused-ring (bicyclic) bond motifs is 2. The van der Waals surface area contributed by atoms with E-state index in [1.807, 2.05) is 6.92 Å². The van der Waals surface area contributed by atoms with Gasteiger partial charge in [-0.3, -0.25) is 0 Å². The minimum atomic E-state index is -0.429. The summed E-state index contributed by atoms with van der Waals surface area (Å²) < 4.78 is 0. The molecule has 0 spiro atoms. The van der Waals surface area contributed by atoms with Gasteiger partial charge >= 0.3 is 0 Å². The molecule has 2 unspecified atom stereocenters. The maximum Gasteiger partial charge on any atom is 0.0620 e. The van der Waals surface area contributed by atoms with Crippen LogP contribution < -0.4 is 0 Å². The quantitative estimate of drug-likeness (QED) is 0.513. The first kappa shape index (κ1) is 8.72. The highest BCUT2D eigenvalue weighted by Gasteiger charge is 2.37. The molecule has 12 heavy (non-hydrogen) atoms. The first-order valence-electron chi connectivity index (χ1n) is 5.13. The van der Waals surface area contributed by atoms with E-state index < -0.39 is 5.21 Å². The van der Waals surface area contributed by atoms with Gasteiger partial charge in [0.2, 0.25) is 0 Å². The van der Waals surface area contributed by atoms with Crippen molar-refractivity contribution in [3.05, 3.63) is 0 Å². The fourth-order valence-corrected chi connectivity index (χ4v) is 3.02. The Morgan fingerprint density at radius 2 is 1.50 bits per heavy atom. The van der Waals surface area contributed by atoms with Crippen molar-refractivity contribution in [3.63, 3.8) is 0 Å². The number of hydrogen-bond acceptors (Lipinski definition) is 0. The van der Waals surface area contributed by atoms with Crippen molar-refractivity contribution in [1.29, 1.82) is 0 Å². The van der Waals surface area contributed by atoms with Gasteiger partial charge in [0.05, 0.1) is 15.7 Å². The Bertz CT molecular complexity index is 159. The minimum Gasteiger partial charge on any atom is -0.0989 e. The van der Waals surface area contributed by atoms with E-state index in [-0.39, 0.29) is 0 Å². The molecule has 0 aromatic heterocycles. The van der Waals surface area contributed by atoms with Crippen LogP contribution in [0.5, 0.6) is 0 Å². The van der Waals surface area contributed by atoms with Gasteiger partial charge in [0.25, 0.3) is 0 Å². The van der Waals surface area contributed by atoms with E-state index in [2.05, 4.69) is 0 Å². The molecule has 0 nitrogen and oxygen atoms in total. The van der Waals surface area contributed by atoms with Crippen LogP contribution in [0.2, 0.25) is 5.21 Å². The molecular weight excluding hydrogens is 142 g/mol. The molecule has 2 fully saturated rings. The lowest BCUT2D eigenvalue weighted by Crippen LogP contribution is -2.27. The Hall–Kier alpha value is 0.130. The van der Waals surface area contributed by atoms with E-state index in [1.54, 1.807) is 0 Å².